The number of methoxy groups -OCH3 is 3. The first-order chi connectivity index (χ1) is 16.1. The second kappa shape index (κ2) is 10.4. The summed E-state index contributed by atoms with van der Waals surface area (Å²) in [5.74, 6) is 2.05. The molecule has 1 N–H and O–H groups in total. The molecule has 6 heteroatoms. The van der Waals surface area contributed by atoms with E-state index in [0.29, 0.717) is 17.9 Å². The van der Waals surface area contributed by atoms with Gasteiger partial charge < -0.3 is 19.5 Å². The zero-order valence-electron chi connectivity index (χ0n) is 19.3. The van der Waals surface area contributed by atoms with Crippen molar-refractivity contribution in [3.63, 3.8) is 0 Å². The van der Waals surface area contributed by atoms with E-state index in [4.69, 9.17) is 14.2 Å². The lowest BCUT2D eigenvalue weighted by Crippen LogP contribution is -2.41. The Labute approximate surface area is 195 Å². The molecule has 3 aromatic carbocycles. The molecule has 4 rings (SSSR count). The summed E-state index contributed by atoms with van der Waals surface area (Å²) >= 11 is 0. The number of nitrogens with one attached hydrogen (secondary N) is 1. The molecule has 0 aliphatic carbocycles. The lowest BCUT2D eigenvalue weighted by molar-refractivity contribution is 0.0926. The lowest BCUT2D eigenvalue weighted by Gasteiger charge is -2.38. The molecule has 0 spiro atoms. The van der Waals surface area contributed by atoms with Gasteiger partial charge in [0.15, 0.2) is 11.5 Å². The molecule has 6 nitrogen and oxygen atoms in total. The van der Waals surface area contributed by atoms with Crippen molar-refractivity contribution in [2.45, 2.75) is 19.0 Å². The Morgan fingerprint density at radius 3 is 2.30 bits per heavy atom. The van der Waals surface area contributed by atoms with Gasteiger partial charge in [-0.2, -0.15) is 0 Å². The maximum absolute atomic E-state index is 12.9. The van der Waals surface area contributed by atoms with Gasteiger partial charge in [0.25, 0.3) is 5.91 Å². The van der Waals surface area contributed by atoms with Gasteiger partial charge in [-0.25, -0.2) is 0 Å². The third-order valence-corrected chi connectivity index (χ3v) is 6.15. The number of nitrogens with zero attached hydrogens (tertiary/aromatic N) is 1. The number of amides is 1. The van der Waals surface area contributed by atoms with Crippen LogP contribution in [0.3, 0.4) is 0 Å². The van der Waals surface area contributed by atoms with Gasteiger partial charge in [-0.05, 0) is 59.5 Å². The normalized spacial score (nSPS) is 15.4. The second-order valence-corrected chi connectivity index (χ2v) is 8.07. The van der Waals surface area contributed by atoms with Crippen LogP contribution in [0.4, 0.5) is 0 Å². The summed E-state index contributed by atoms with van der Waals surface area (Å²) < 4.78 is 16.3. The summed E-state index contributed by atoms with van der Waals surface area (Å²) in [4.78, 5) is 15.3. The average molecular weight is 447 g/mol. The van der Waals surface area contributed by atoms with Crippen molar-refractivity contribution in [2.24, 2.45) is 0 Å². The van der Waals surface area contributed by atoms with Crippen molar-refractivity contribution in [3.05, 3.63) is 89.0 Å². The van der Waals surface area contributed by atoms with E-state index in [1.54, 1.807) is 45.6 Å². The first kappa shape index (κ1) is 22.7. The molecule has 172 valence electrons. The van der Waals surface area contributed by atoms with Crippen LogP contribution in [0.1, 0.15) is 33.1 Å². The molecular formula is C27H30N2O4. The van der Waals surface area contributed by atoms with Gasteiger partial charge >= 0.3 is 0 Å². The van der Waals surface area contributed by atoms with E-state index in [-0.39, 0.29) is 11.9 Å². The molecule has 0 aromatic heterocycles. The first-order valence-electron chi connectivity index (χ1n) is 11.1. The van der Waals surface area contributed by atoms with Gasteiger partial charge in [0.2, 0.25) is 0 Å². The van der Waals surface area contributed by atoms with Crippen LogP contribution in [-0.4, -0.2) is 45.2 Å². The molecule has 0 radical (unpaired) electrons. The molecule has 1 aliphatic heterocycles. The SMILES string of the molecule is COc1ccc(C(=O)NC[C@H]2c3cc(OC)c(OC)cc3CCN2Cc2ccccc2)cc1. The largest absolute Gasteiger partial charge is 0.497 e. The minimum Gasteiger partial charge on any atom is -0.497 e. The fourth-order valence-corrected chi connectivity index (χ4v) is 4.36. The highest BCUT2D eigenvalue weighted by Crippen LogP contribution is 2.38. The van der Waals surface area contributed by atoms with E-state index < -0.39 is 0 Å². The smallest absolute Gasteiger partial charge is 0.251 e. The summed E-state index contributed by atoms with van der Waals surface area (Å²) in [7, 11) is 4.91. The zero-order valence-corrected chi connectivity index (χ0v) is 19.3. The highest BCUT2D eigenvalue weighted by Gasteiger charge is 2.29. The van der Waals surface area contributed by atoms with Crippen molar-refractivity contribution in [1.29, 1.82) is 0 Å². The van der Waals surface area contributed by atoms with Gasteiger partial charge in [0, 0.05) is 25.2 Å². The van der Waals surface area contributed by atoms with Gasteiger partial charge in [-0.1, -0.05) is 30.3 Å². The molecule has 3 aromatic rings. The van der Waals surface area contributed by atoms with E-state index in [1.165, 1.54) is 11.1 Å². The molecule has 1 amide bonds. The molecule has 1 heterocycles. The van der Waals surface area contributed by atoms with Crippen LogP contribution in [0.2, 0.25) is 0 Å². The first-order valence-corrected chi connectivity index (χ1v) is 11.1. The Bertz CT molecular complexity index is 1080. The van der Waals surface area contributed by atoms with Crippen molar-refractivity contribution >= 4 is 5.91 Å². The molecule has 0 saturated carbocycles. The fraction of sp³-hybridized carbons (Fsp3) is 0.296. The van der Waals surface area contributed by atoms with Crippen molar-refractivity contribution in [2.75, 3.05) is 34.4 Å². The van der Waals surface area contributed by atoms with Crippen LogP contribution >= 0.6 is 0 Å². The van der Waals surface area contributed by atoms with Gasteiger partial charge in [-0.15, -0.1) is 0 Å². The van der Waals surface area contributed by atoms with E-state index in [9.17, 15) is 4.79 Å². The molecular weight excluding hydrogens is 416 g/mol. The minimum atomic E-state index is -0.107. The number of rotatable bonds is 8. The number of hydrogen-bond donors (Lipinski definition) is 1. The number of fused-ring (bicyclic) bond motifs is 1. The van der Waals surface area contributed by atoms with Crippen LogP contribution in [-0.2, 0) is 13.0 Å². The number of hydrogen-bond acceptors (Lipinski definition) is 5. The summed E-state index contributed by atoms with van der Waals surface area (Å²) in [6, 6.07) is 21.7. The number of carbonyl (C=O) groups is 1. The predicted molar refractivity (Wildman–Crippen MR) is 128 cm³/mol. The fourth-order valence-electron chi connectivity index (χ4n) is 4.36. The molecule has 0 bridgehead atoms. The van der Waals surface area contributed by atoms with Crippen LogP contribution < -0.4 is 19.5 Å². The van der Waals surface area contributed by atoms with E-state index in [2.05, 4.69) is 46.6 Å². The van der Waals surface area contributed by atoms with Crippen LogP contribution in [0.25, 0.3) is 0 Å². The maximum Gasteiger partial charge on any atom is 0.251 e. The molecule has 1 aliphatic rings. The Hall–Kier alpha value is -3.51. The standard InChI is InChI=1S/C27H30N2O4/c1-31-22-11-9-20(10-12-22)27(30)28-17-24-23-16-26(33-3)25(32-2)15-21(23)13-14-29(24)18-19-7-5-4-6-8-19/h4-12,15-16,24H,13-14,17-18H2,1-3H3,(H,28,30)/t24-/m0/s1. The second-order valence-electron chi connectivity index (χ2n) is 8.07. The number of carbonyl (C=O) groups excluding carboxylic acids is 1. The predicted octanol–water partition coefficient (Wildman–Crippen LogP) is 4.24. The highest BCUT2D eigenvalue weighted by molar-refractivity contribution is 5.94. The summed E-state index contributed by atoms with van der Waals surface area (Å²) in [5.41, 5.74) is 4.23. The van der Waals surface area contributed by atoms with Crippen molar-refractivity contribution < 1.29 is 19.0 Å². The molecule has 0 fully saturated rings. The Morgan fingerprint density at radius 1 is 0.939 bits per heavy atom. The van der Waals surface area contributed by atoms with E-state index in [0.717, 1.165) is 36.6 Å². The van der Waals surface area contributed by atoms with Crippen molar-refractivity contribution in [3.8, 4) is 17.2 Å². The van der Waals surface area contributed by atoms with Crippen LogP contribution in [0, 0.1) is 0 Å². The van der Waals surface area contributed by atoms with Crippen LogP contribution in [0.15, 0.2) is 66.7 Å². The van der Waals surface area contributed by atoms with Gasteiger partial charge in [0.1, 0.15) is 5.75 Å². The highest BCUT2D eigenvalue weighted by atomic mass is 16.5. The lowest BCUT2D eigenvalue weighted by atomic mass is 9.91. The topological polar surface area (TPSA) is 60.0 Å². The molecule has 1 atom stereocenters. The van der Waals surface area contributed by atoms with Crippen LogP contribution in [0.5, 0.6) is 17.2 Å². The molecule has 0 saturated heterocycles. The minimum absolute atomic E-state index is 0.0101. The Balaban J connectivity index is 1.60. The van der Waals surface area contributed by atoms with Gasteiger partial charge in [-0.3, -0.25) is 9.69 Å². The quantitative estimate of drug-likeness (QED) is 0.561. The maximum atomic E-state index is 12.9. The molecule has 33 heavy (non-hydrogen) atoms. The number of benzene rings is 3. The summed E-state index contributed by atoms with van der Waals surface area (Å²) in [5, 5.41) is 3.14. The Kier molecular flexibility index (Phi) is 7.15. The zero-order chi connectivity index (χ0) is 23.2. The van der Waals surface area contributed by atoms with Crippen molar-refractivity contribution in [1.82, 2.24) is 10.2 Å². The van der Waals surface area contributed by atoms with E-state index >= 15 is 0 Å². The average Bonchev–Trinajstić information content (AvgIpc) is 2.87. The third kappa shape index (κ3) is 5.12. The van der Waals surface area contributed by atoms with Gasteiger partial charge in [0.05, 0.1) is 27.4 Å². The number of ether oxygens (including phenoxy) is 3. The Morgan fingerprint density at radius 2 is 1.64 bits per heavy atom. The van der Waals surface area contributed by atoms with E-state index in [1.807, 2.05) is 6.07 Å². The third-order valence-electron chi connectivity index (χ3n) is 6.15. The monoisotopic (exact) mass is 446 g/mol. The summed E-state index contributed by atoms with van der Waals surface area (Å²) in [6.45, 7) is 2.18. The molecule has 0 unspecified atom stereocenters. The summed E-state index contributed by atoms with van der Waals surface area (Å²) in [6.07, 6.45) is 0.908.